The van der Waals surface area contributed by atoms with Crippen molar-refractivity contribution in [1.82, 2.24) is 5.32 Å². The molecule has 1 aromatic heterocycles. The van der Waals surface area contributed by atoms with Crippen LogP contribution in [0.1, 0.15) is 43.6 Å². The van der Waals surface area contributed by atoms with E-state index in [-0.39, 0.29) is 11.6 Å². The summed E-state index contributed by atoms with van der Waals surface area (Å²) < 4.78 is 6.94. The first kappa shape index (κ1) is 12.9. The molecule has 1 saturated heterocycles. The Labute approximate surface area is 118 Å². The van der Waals surface area contributed by atoms with Gasteiger partial charge in [-0.15, -0.1) is 11.3 Å². The summed E-state index contributed by atoms with van der Waals surface area (Å²) in [5.74, 6) is 0.881. The molecule has 3 rings (SSSR count). The number of morpholine rings is 1. The number of hydrogen-bond acceptors (Lipinski definition) is 3. The summed E-state index contributed by atoms with van der Waals surface area (Å²) in [6.07, 6.45) is 5.35. The molecule has 1 unspecified atom stereocenters. The van der Waals surface area contributed by atoms with Crippen LogP contribution in [0, 0.1) is 5.92 Å². The minimum absolute atomic E-state index is 0.187. The van der Waals surface area contributed by atoms with Crippen molar-refractivity contribution in [3.63, 3.8) is 0 Å². The molecule has 2 aliphatic rings. The van der Waals surface area contributed by atoms with Gasteiger partial charge in [0.2, 0.25) is 0 Å². The van der Waals surface area contributed by atoms with Crippen molar-refractivity contribution in [1.29, 1.82) is 0 Å². The summed E-state index contributed by atoms with van der Waals surface area (Å²) in [5.41, 5.74) is 0.254. The zero-order valence-electron chi connectivity index (χ0n) is 10.7. The molecule has 100 valence electrons. The van der Waals surface area contributed by atoms with E-state index in [2.05, 4.69) is 18.3 Å². The molecule has 1 aromatic rings. The van der Waals surface area contributed by atoms with Gasteiger partial charge in [-0.1, -0.05) is 18.5 Å². The largest absolute Gasteiger partial charge is 0.369 e. The lowest BCUT2D eigenvalue weighted by molar-refractivity contribution is -0.0489. The molecule has 1 saturated carbocycles. The summed E-state index contributed by atoms with van der Waals surface area (Å²) in [5, 5.41) is 3.75. The molecule has 1 N–H and O–H groups in total. The fraction of sp³-hybridized carbons (Fsp3) is 0.714. The highest BCUT2D eigenvalue weighted by atomic mass is 35.5. The Morgan fingerprint density at radius 2 is 2.17 bits per heavy atom. The number of nitrogens with one attached hydrogen (secondary N) is 1. The maximum atomic E-state index is 6.10. The summed E-state index contributed by atoms with van der Waals surface area (Å²) in [6, 6.07) is 4.04. The van der Waals surface area contributed by atoms with Gasteiger partial charge in [-0.2, -0.15) is 0 Å². The van der Waals surface area contributed by atoms with Gasteiger partial charge in [0, 0.05) is 17.0 Å². The van der Waals surface area contributed by atoms with Gasteiger partial charge in [-0.05, 0) is 43.7 Å². The quantitative estimate of drug-likeness (QED) is 0.842. The van der Waals surface area contributed by atoms with Crippen LogP contribution in [0.15, 0.2) is 12.1 Å². The van der Waals surface area contributed by atoms with E-state index in [1.165, 1.54) is 30.6 Å². The molecule has 18 heavy (non-hydrogen) atoms. The third-order valence-corrected chi connectivity index (χ3v) is 5.69. The van der Waals surface area contributed by atoms with Crippen LogP contribution in [0.3, 0.4) is 0 Å². The minimum atomic E-state index is 0.187. The van der Waals surface area contributed by atoms with E-state index in [9.17, 15) is 0 Å². The third-order valence-electron chi connectivity index (χ3n) is 4.37. The first-order valence-corrected chi connectivity index (χ1v) is 7.98. The van der Waals surface area contributed by atoms with Crippen molar-refractivity contribution in [3.05, 3.63) is 21.3 Å². The zero-order chi connectivity index (χ0) is 12.6. The monoisotopic (exact) mass is 285 g/mol. The summed E-state index contributed by atoms with van der Waals surface area (Å²) in [4.78, 5) is 1.24. The van der Waals surface area contributed by atoms with Crippen LogP contribution in [-0.4, -0.2) is 18.7 Å². The Hall–Kier alpha value is -0.0900. The first-order chi connectivity index (χ1) is 8.67. The molecular weight excluding hydrogens is 266 g/mol. The van der Waals surface area contributed by atoms with E-state index in [0.717, 1.165) is 23.4 Å². The van der Waals surface area contributed by atoms with Crippen molar-refractivity contribution >= 4 is 22.9 Å². The number of thiophene rings is 1. The van der Waals surface area contributed by atoms with Crippen molar-refractivity contribution in [3.8, 4) is 0 Å². The Balaban J connectivity index is 1.61. The average Bonchev–Trinajstić information content (AvgIpc) is 2.81. The molecule has 2 heterocycles. The second-order valence-electron chi connectivity index (χ2n) is 5.79. The smallest absolute Gasteiger partial charge is 0.104 e. The van der Waals surface area contributed by atoms with Crippen LogP contribution in [0.25, 0.3) is 0 Å². The summed E-state index contributed by atoms with van der Waals surface area (Å²) in [7, 11) is 0. The second kappa shape index (κ2) is 5.12. The topological polar surface area (TPSA) is 21.3 Å². The lowest BCUT2D eigenvalue weighted by Gasteiger charge is -2.45. The van der Waals surface area contributed by atoms with Gasteiger partial charge in [0.05, 0.1) is 10.9 Å². The number of ether oxygens (including phenoxy) is 1. The normalized spacial score (nSPS) is 37.0. The van der Waals surface area contributed by atoms with Crippen molar-refractivity contribution < 1.29 is 4.74 Å². The van der Waals surface area contributed by atoms with Gasteiger partial charge < -0.3 is 10.1 Å². The van der Waals surface area contributed by atoms with Crippen LogP contribution in [0.2, 0.25) is 4.34 Å². The SMILES string of the molecule is CC1CCC2(CC1)COC(c1ccc(Cl)s1)CN2. The van der Waals surface area contributed by atoms with E-state index in [4.69, 9.17) is 16.3 Å². The zero-order valence-corrected chi connectivity index (χ0v) is 12.3. The molecule has 1 aliphatic heterocycles. The predicted molar refractivity (Wildman–Crippen MR) is 76.4 cm³/mol. The fourth-order valence-electron chi connectivity index (χ4n) is 3.00. The Kier molecular flexibility index (Phi) is 3.68. The van der Waals surface area contributed by atoms with Gasteiger partial charge in [0.1, 0.15) is 6.10 Å². The maximum absolute atomic E-state index is 6.10. The van der Waals surface area contributed by atoms with Gasteiger partial charge in [0.25, 0.3) is 0 Å². The van der Waals surface area contributed by atoms with Crippen molar-refractivity contribution in [2.24, 2.45) is 5.92 Å². The average molecular weight is 286 g/mol. The molecule has 0 aromatic carbocycles. The van der Waals surface area contributed by atoms with E-state index in [1.54, 1.807) is 11.3 Å². The van der Waals surface area contributed by atoms with Gasteiger partial charge in [0.15, 0.2) is 0 Å². The van der Waals surface area contributed by atoms with Crippen molar-refractivity contribution in [2.45, 2.75) is 44.2 Å². The van der Waals surface area contributed by atoms with E-state index < -0.39 is 0 Å². The third kappa shape index (κ3) is 2.60. The Bertz CT molecular complexity index is 402. The number of hydrogen-bond donors (Lipinski definition) is 1. The molecule has 4 heteroatoms. The van der Waals surface area contributed by atoms with Gasteiger partial charge >= 0.3 is 0 Å². The van der Waals surface area contributed by atoms with E-state index in [1.807, 2.05) is 6.07 Å². The molecular formula is C14H20ClNOS. The van der Waals surface area contributed by atoms with Crippen LogP contribution in [0.4, 0.5) is 0 Å². The molecule has 1 aliphatic carbocycles. The molecule has 0 bridgehead atoms. The number of rotatable bonds is 1. The van der Waals surface area contributed by atoms with E-state index in [0.29, 0.717) is 0 Å². The highest BCUT2D eigenvalue weighted by Gasteiger charge is 2.38. The van der Waals surface area contributed by atoms with Gasteiger partial charge in [-0.25, -0.2) is 0 Å². The second-order valence-corrected chi connectivity index (χ2v) is 7.53. The maximum Gasteiger partial charge on any atom is 0.104 e. The van der Waals surface area contributed by atoms with Crippen LogP contribution in [-0.2, 0) is 4.74 Å². The van der Waals surface area contributed by atoms with Crippen LogP contribution in [0.5, 0.6) is 0 Å². The molecule has 2 nitrogen and oxygen atoms in total. The molecule has 2 fully saturated rings. The fourth-order valence-corrected chi connectivity index (χ4v) is 4.11. The van der Waals surface area contributed by atoms with Crippen molar-refractivity contribution in [2.75, 3.05) is 13.2 Å². The molecule has 1 atom stereocenters. The van der Waals surface area contributed by atoms with Crippen LogP contribution >= 0.6 is 22.9 Å². The predicted octanol–water partition coefficient (Wildman–Crippen LogP) is 4.01. The lowest BCUT2D eigenvalue weighted by atomic mass is 9.77. The molecule has 0 amide bonds. The van der Waals surface area contributed by atoms with Crippen LogP contribution < -0.4 is 5.32 Å². The molecule has 1 spiro atoms. The summed E-state index contributed by atoms with van der Waals surface area (Å²) >= 11 is 7.61. The van der Waals surface area contributed by atoms with Gasteiger partial charge in [-0.3, -0.25) is 0 Å². The Morgan fingerprint density at radius 1 is 1.39 bits per heavy atom. The first-order valence-electron chi connectivity index (χ1n) is 6.79. The number of halogens is 1. The summed E-state index contributed by atoms with van der Waals surface area (Å²) in [6.45, 7) is 4.12. The Morgan fingerprint density at radius 3 is 2.72 bits per heavy atom. The van der Waals surface area contributed by atoms with E-state index >= 15 is 0 Å². The standard InChI is InChI=1S/C14H20ClNOS/c1-10-4-6-14(7-5-10)9-17-11(8-16-14)12-2-3-13(15)18-12/h2-3,10-11,16H,4-9H2,1H3. The molecule has 0 radical (unpaired) electrons. The lowest BCUT2D eigenvalue weighted by Crippen LogP contribution is -2.56. The highest BCUT2D eigenvalue weighted by Crippen LogP contribution is 2.37. The highest BCUT2D eigenvalue weighted by molar-refractivity contribution is 7.16. The minimum Gasteiger partial charge on any atom is -0.369 e.